The molecule has 0 atom stereocenters. The standard InChI is InChI=1S/C20H20N2O4/c23-18-17(8-12-2-1-3-16(7-12)22(24)25)21-19(26-18)20-9-13-4-14(10-20)6-15(5-13)11-20/h1-3,7-8,13-15H,4-6,9-11H2/b17-8+. The Hall–Kier alpha value is -2.50. The van der Waals surface area contributed by atoms with Crippen LogP contribution in [0.3, 0.4) is 0 Å². The lowest BCUT2D eigenvalue weighted by Gasteiger charge is -2.55. The third-order valence-electron chi connectivity index (χ3n) is 6.50. The fourth-order valence-electron chi connectivity index (χ4n) is 5.89. The first-order valence-electron chi connectivity index (χ1n) is 9.28. The summed E-state index contributed by atoms with van der Waals surface area (Å²) >= 11 is 0. The van der Waals surface area contributed by atoms with Gasteiger partial charge in [0.1, 0.15) is 0 Å². The highest BCUT2D eigenvalue weighted by Crippen LogP contribution is 2.61. The van der Waals surface area contributed by atoms with Gasteiger partial charge < -0.3 is 4.74 Å². The van der Waals surface area contributed by atoms with Crippen molar-refractivity contribution >= 4 is 23.6 Å². The first-order chi connectivity index (χ1) is 12.5. The van der Waals surface area contributed by atoms with Gasteiger partial charge in [0.05, 0.1) is 4.92 Å². The molecule has 5 aliphatic rings. The SMILES string of the molecule is O=C1OC(C23CC4CC(CC(C4)C2)C3)=N/C1=C/c1cccc([N+](=O)[O-])c1. The number of nitro groups is 1. The fourth-order valence-corrected chi connectivity index (χ4v) is 5.89. The normalized spacial score (nSPS) is 36.3. The minimum atomic E-state index is -0.445. The van der Waals surface area contributed by atoms with E-state index in [-0.39, 0.29) is 16.8 Å². The Labute approximate surface area is 151 Å². The largest absolute Gasteiger partial charge is 0.406 e. The fraction of sp³-hybridized carbons (Fsp3) is 0.500. The number of esters is 1. The van der Waals surface area contributed by atoms with E-state index in [2.05, 4.69) is 4.99 Å². The molecular weight excluding hydrogens is 332 g/mol. The van der Waals surface area contributed by atoms with Crippen LogP contribution in [-0.4, -0.2) is 16.8 Å². The Morgan fingerprint density at radius 2 is 1.81 bits per heavy atom. The van der Waals surface area contributed by atoms with Gasteiger partial charge in [0.2, 0.25) is 5.90 Å². The number of ether oxygens (including phenoxy) is 1. The van der Waals surface area contributed by atoms with E-state index in [1.165, 1.54) is 31.4 Å². The number of nitrogens with zero attached hydrogens (tertiary/aromatic N) is 2. The molecule has 4 saturated carbocycles. The number of aliphatic imine (C=N–C) groups is 1. The summed E-state index contributed by atoms with van der Waals surface area (Å²) in [6.07, 6.45) is 8.77. The maximum Gasteiger partial charge on any atom is 0.363 e. The average molecular weight is 352 g/mol. The number of benzene rings is 1. The van der Waals surface area contributed by atoms with Crippen molar-refractivity contribution in [3.63, 3.8) is 0 Å². The first kappa shape index (κ1) is 15.7. The highest BCUT2D eigenvalue weighted by atomic mass is 16.6. The number of carbonyl (C=O) groups excluding carboxylic acids is 1. The molecule has 4 aliphatic carbocycles. The molecule has 0 radical (unpaired) electrons. The molecule has 26 heavy (non-hydrogen) atoms. The van der Waals surface area contributed by atoms with Crippen molar-refractivity contribution in [2.45, 2.75) is 38.5 Å². The van der Waals surface area contributed by atoms with Crippen LogP contribution >= 0.6 is 0 Å². The number of carbonyl (C=O) groups is 1. The highest BCUT2D eigenvalue weighted by molar-refractivity contribution is 6.09. The molecule has 4 fully saturated rings. The quantitative estimate of drug-likeness (QED) is 0.355. The Bertz CT molecular complexity index is 835. The van der Waals surface area contributed by atoms with Crippen molar-refractivity contribution in [1.29, 1.82) is 0 Å². The molecule has 1 aliphatic heterocycles. The van der Waals surface area contributed by atoms with Crippen molar-refractivity contribution in [3.05, 3.63) is 45.6 Å². The van der Waals surface area contributed by atoms with Gasteiger partial charge >= 0.3 is 5.97 Å². The molecule has 1 aromatic carbocycles. The molecule has 0 unspecified atom stereocenters. The lowest BCUT2D eigenvalue weighted by molar-refractivity contribution is -0.384. The van der Waals surface area contributed by atoms with Crippen molar-refractivity contribution in [2.75, 3.05) is 0 Å². The molecule has 0 amide bonds. The number of non-ortho nitro benzene ring substituents is 1. The second kappa shape index (κ2) is 5.50. The molecule has 6 nitrogen and oxygen atoms in total. The molecule has 0 spiro atoms. The smallest absolute Gasteiger partial charge is 0.363 e. The number of hydrogen-bond donors (Lipinski definition) is 0. The van der Waals surface area contributed by atoms with E-state index < -0.39 is 10.9 Å². The van der Waals surface area contributed by atoms with E-state index >= 15 is 0 Å². The summed E-state index contributed by atoms with van der Waals surface area (Å²) in [6.45, 7) is 0. The summed E-state index contributed by atoms with van der Waals surface area (Å²) in [5.41, 5.74) is 0.761. The third kappa shape index (κ3) is 2.47. The summed E-state index contributed by atoms with van der Waals surface area (Å²) in [7, 11) is 0. The number of nitro benzene ring substituents is 1. The molecule has 6 heteroatoms. The lowest BCUT2D eigenvalue weighted by Crippen LogP contribution is -2.50. The molecule has 0 aromatic heterocycles. The zero-order chi connectivity index (χ0) is 17.9. The van der Waals surface area contributed by atoms with Gasteiger partial charge in [-0.2, -0.15) is 0 Å². The van der Waals surface area contributed by atoms with E-state index in [0.29, 0.717) is 11.5 Å². The van der Waals surface area contributed by atoms with E-state index in [1.807, 2.05) is 0 Å². The minimum absolute atomic E-state index is 0.00370. The van der Waals surface area contributed by atoms with Crippen LogP contribution in [-0.2, 0) is 9.53 Å². The number of cyclic esters (lactones) is 1. The van der Waals surface area contributed by atoms with Gasteiger partial charge in [-0.15, -0.1) is 0 Å². The first-order valence-corrected chi connectivity index (χ1v) is 9.28. The third-order valence-corrected chi connectivity index (χ3v) is 6.50. The van der Waals surface area contributed by atoms with Crippen LogP contribution in [0.5, 0.6) is 0 Å². The van der Waals surface area contributed by atoms with E-state index in [0.717, 1.165) is 37.0 Å². The zero-order valence-corrected chi connectivity index (χ0v) is 14.4. The molecule has 6 rings (SSSR count). The number of rotatable bonds is 3. The monoisotopic (exact) mass is 352 g/mol. The molecule has 4 bridgehead atoms. The summed E-state index contributed by atoms with van der Waals surface area (Å²) in [6, 6.07) is 6.21. The van der Waals surface area contributed by atoms with Gasteiger partial charge in [-0.05, 0) is 67.9 Å². The second-order valence-corrected chi connectivity index (χ2v) is 8.39. The Morgan fingerprint density at radius 3 is 2.42 bits per heavy atom. The van der Waals surface area contributed by atoms with Crippen molar-refractivity contribution < 1.29 is 14.5 Å². The van der Waals surface area contributed by atoms with Crippen LogP contribution in [0.1, 0.15) is 44.1 Å². The van der Waals surface area contributed by atoms with Crippen LogP contribution in [0, 0.1) is 33.3 Å². The van der Waals surface area contributed by atoms with Crippen LogP contribution in [0.15, 0.2) is 35.0 Å². The van der Waals surface area contributed by atoms with E-state index in [4.69, 9.17) is 4.74 Å². The van der Waals surface area contributed by atoms with Crippen molar-refractivity contribution in [2.24, 2.45) is 28.2 Å². The molecule has 1 aromatic rings. The summed E-state index contributed by atoms with van der Waals surface area (Å²) < 4.78 is 5.62. The Morgan fingerprint density at radius 1 is 1.15 bits per heavy atom. The van der Waals surface area contributed by atoms with Gasteiger partial charge in [-0.25, -0.2) is 9.79 Å². The maximum absolute atomic E-state index is 12.4. The van der Waals surface area contributed by atoms with Gasteiger partial charge in [-0.1, -0.05) is 12.1 Å². The Balaban J connectivity index is 1.47. The topological polar surface area (TPSA) is 81.8 Å². The predicted octanol–water partition coefficient (Wildman–Crippen LogP) is 4.11. The number of hydrogen-bond acceptors (Lipinski definition) is 5. The van der Waals surface area contributed by atoms with Gasteiger partial charge in [0, 0.05) is 17.5 Å². The van der Waals surface area contributed by atoms with Gasteiger partial charge in [0.15, 0.2) is 5.70 Å². The van der Waals surface area contributed by atoms with Crippen molar-refractivity contribution in [1.82, 2.24) is 0 Å². The van der Waals surface area contributed by atoms with E-state index in [9.17, 15) is 14.9 Å². The summed E-state index contributed by atoms with van der Waals surface area (Å²) in [5, 5.41) is 10.9. The average Bonchev–Trinajstić information content (AvgIpc) is 2.95. The molecule has 134 valence electrons. The summed E-state index contributed by atoms with van der Waals surface area (Å²) in [4.78, 5) is 27.4. The highest BCUT2D eigenvalue weighted by Gasteiger charge is 2.55. The second-order valence-electron chi connectivity index (χ2n) is 8.39. The van der Waals surface area contributed by atoms with Crippen LogP contribution < -0.4 is 0 Å². The summed E-state index contributed by atoms with van der Waals surface area (Å²) in [5.74, 6) is 2.38. The van der Waals surface area contributed by atoms with Crippen LogP contribution in [0.25, 0.3) is 6.08 Å². The van der Waals surface area contributed by atoms with Crippen LogP contribution in [0.2, 0.25) is 0 Å². The molecule has 0 N–H and O–H groups in total. The van der Waals surface area contributed by atoms with Crippen molar-refractivity contribution in [3.8, 4) is 0 Å². The maximum atomic E-state index is 12.4. The van der Waals surface area contributed by atoms with Crippen LogP contribution in [0.4, 0.5) is 5.69 Å². The Kier molecular flexibility index (Phi) is 3.33. The minimum Gasteiger partial charge on any atom is -0.406 e. The van der Waals surface area contributed by atoms with E-state index in [1.54, 1.807) is 18.2 Å². The molecule has 0 saturated heterocycles. The lowest BCUT2D eigenvalue weighted by atomic mass is 9.49. The van der Waals surface area contributed by atoms with Gasteiger partial charge in [0.25, 0.3) is 5.69 Å². The zero-order valence-electron chi connectivity index (χ0n) is 14.4. The molecule has 1 heterocycles. The van der Waals surface area contributed by atoms with Gasteiger partial charge in [-0.3, -0.25) is 10.1 Å². The molecular formula is C20H20N2O4. The predicted molar refractivity (Wildman–Crippen MR) is 95.2 cm³/mol.